The highest BCUT2D eigenvalue weighted by Crippen LogP contribution is 2.11. The van der Waals surface area contributed by atoms with Crippen molar-refractivity contribution < 1.29 is 9.34 Å². The summed E-state index contributed by atoms with van der Waals surface area (Å²) >= 11 is 0. The summed E-state index contributed by atoms with van der Waals surface area (Å²) in [5.74, 6) is 0.199. The highest BCUT2D eigenvalue weighted by atomic mass is 16.6. The first kappa shape index (κ1) is 6.54. The molecule has 4 nitrogen and oxygen atoms in total. The third kappa shape index (κ3) is 1.05. The van der Waals surface area contributed by atoms with Crippen molar-refractivity contribution in [2.75, 3.05) is 0 Å². The Hall–Kier alpha value is -1.58. The van der Waals surface area contributed by atoms with Gasteiger partial charge in [0.15, 0.2) is 0 Å². The fraction of sp³-hybridized carbons (Fsp3) is 0. The standard InChI is InChI=1S/C6H5NO3/c1-5(7(8)9)6-3-2-4-10-6/h2-4H,1H2. The van der Waals surface area contributed by atoms with Crippen molar-refractivity contribution in [3.05, 3.63) is 40.8 Å². The van der Waals surface area contributed by atoms with Crippen LogP contribution in [0.15, 0.2) is 29.4 Å². The van der Waals surface area contributed by atoms with Crippen LogP contribution in [0, 0.1) is 10.1 Å². The van der Waals surface area contributed by atoms with Crippen LogP contribution in [-0.4, -0.2) is 4.92 Å². The van der Waals surface area contributed by atoms with Crippen molar-refractivity contribution in [2.45, 2.75) is 0 Å². The van der Waals surface area contributed by atoms with Crippen LogP contribution in [0.3, 0.4) is 0 Å². The minimum Gasteiger partial charge on any atom is -0.458 e. The maximum Gasteiger partial charge on any atom is 0.304 e. The maximum absolute atomic E-state index is 10.0. The summed E-state index contributed by atoms with van der Waals surface area (Å²) in [6, 6.07) is 3.06. The molecule has 0 amide bonds. The molecule has 1 aromatic rings. The second-order valence-corrected chi connectivity index (χ2v) is 1.68. The van der Waals surface area contributed by atoms with Crippen LogP contribution in [0.5, 0.6) is 0 Å². The molecule has 1 aromatic heterocycles. The van der Waals surface area contributed by atoms with E-state index in [2.05, 4.69) is 6.58 Å². The van der Waals surface area contributed by atoms with Gasteiger partial charge in [-0.2, -0.15) is 0 Å². The summed E-state index contributed by atoms with van der Waals surface area (Å²) in [7, 11) is 0. The Kier molecular flexibility index (Phi) is 1.53. The molecule has 0 N–H and O–H groups in total. The van der Waals surface area contributed by atoms with Crippen molar-refractivity contribution in [3.8, 4) is 0 Å². The summed E-state index contributed by atoms with van der Waals surface area (Å²) in [5.41, 5.74) is -0.218. The first-order chi connectivity index (χ1) is 4.72. The van der Waals surface area contributed by atoms with E-state index in [4.69, 9.17) is 4.42 Å². The molecule has 0 saturated carbocycles. The second-order valence-electron chi connectivity index (χ2n) is 1.68. The normalized spacial score (nSPS) is 9.20. The van der Waals surface area contributed by atoms with E-state index in [1.807, 2.05) is 0 Å². The lowest BCUT2D eigenvalue weighted by Crippen LogP contribution is -1.93. The van der Waals surface area contributed by atoms with Gasteiger partial charge in [-0.05, 0) is 18.7 Å². The zero-order chi connectivity index (χ0) is 7.56. The average Bonchev–Trinajstić information content (AvgIpc) is 2.36. The predicted octanol–water partition coefficient (Wildman–Crippen LogP) is 1.53. The van der Waals surface area contributed by atoms with Gasteiger partial charge in [-0.25, -0.2) is 0 Å². The van der Waals surface area contributed by atoms with Crippen LogP contribution in [0.25, 0.3) is 5.70 Å². The number of furan rings is 1. The number of nitrogens with zero attached hydrogens (tertiary/aromatic N) is 1. The number of hydrogen-bond acceptors (Lipinski definition) is 3. The number of nitro groups is 1. The van der Waals surface area contributed by atoms with E-state index in [1.165, 1.54) is 12.3 Å². The molecule has 0 aromatic carbocycles. The van der Waals surface area contributed by atoms with Gasteiger partial charge in [0.1, 0.15) is 0 Å². The Morgan fingerprint density at radius 1 is 1.80 bits per heavy atom. The van der Waals surface area contributed by atoms with E-state index in [0.717, 1.165) is 0 Å². The van der Waals surface area contributed by atoms with Gasteiger partial charge in [0.05, 0.1) is 11.2 Å². The van der Waals surface area contributed by atoms with Gasteiger partial charge in [0, 0.05) is 0 Å². The molecular weight excluding hydrogens is 134 g/mol. The summed E-state index contributed by atoms with van der Waals surface area (Å²) in [6.45, 7) is 3.20. The Balaban J connectivity index is 2.88. The molecular formula is C6H5NO3. The Morgan fingerprint density at radius 2 is 2.50 bits per heavy atom. The lowest BCUT2D eigenvalue weighted by molar-refractivity contribution is -0.376. The molecule has 0 saturated heterocycles. The SMILES string of the molecule is C=C(c1ccco1)[N+](=O)[O-]. The molecule has 52 valence electrons. The van der Waals surface area contributed by atoms with Crippen molar-refractivity contribution >= 4 is 5.70 Å². The van der Waals surface area contributed by atoms with Crippen molar-refractivity contribution in [3.63, 3.8) is 0 Å². The van der Waals surface area contributed by atoms with Crippen molar-refractivity contribution in [1.82, 2.24) is 0 Å². The van der Waals surface area contributed by atoms with Gasteiger partial charge in [0.2, 0.25) is 5.76 Å². The zero-order valence-corrected chi connectivity index (χ0v) is 5.11. The third-order valence-corrected chi connectivity index (χ3v) is 1.03. The molecule has 0 bridgehead atoms. The molecule has 0 aliphatic carbocycles. The van der Waals surface area contributed by atoms with Gasteiger partial charge < -0.3 is 4.42 Å². The van der Waals surface area contributed by atoms with Crippen LogP contribution in [0.2, 0.25) is 0 Å². The van der Waals surface area contributed by atoms with Crippen molar-refractivity contribution in [2.24, 2.45) is 0 Å². The molecule has 1 heterocycles. The lowest BCUT2D eigenvalue weighted by Gasteiger charge is -1.87. The summed E-state index contributed by atoms with van der Waals surface area (Å²) in [4.78, 5) is 9.46. The van der Waals surface area contributed by atoms with Crippen molar-refractivity contribution in [1.29, 1.82) is 0 Å². The minimum atomic E-state index is -0.584. The molecule has 1 rings (SSSR count). The Labute approximate surface area is 56.9 Å². The zero-order valence-electron chi connectivity index (χ0n) is 5.11. The third-order valence-electron chi connectivity index (χ3n) is 1.03. The van der Waals surface area contributed by atoms with E-state index >= 15 is 0 Å². The smallest absolute Gasteiger partial charge is 0.304 e. The first-order valence-electron chi connectivity index (χ1n) is 2.59. The molecule has 0 aliphatic heterocycles. The largest absolute Gasteiger partial charge is 0.458 e. The monoisotopic (exact) mass is 139 g/mol. The van der Waals surface area contributed by atoms with Crippen LogP contribution < -0.4 is 0 Å². The van der Waals surface area contributed by atoms with Crippen LogP contribution in [0.1, 0.15) is 5.76 Å². The lowest BCUT2D eigenvalue weighted by atomic mass is 10.4. The molecule has 10 heavy (non-hydrogen) atoms. The fourth-order valence-electron chi connectivity index (χ4n) is 0.533. The molecule has 0 atom stereocenters. The van der Waals surface area contributed by atoms with E-state index in [0.29, 0.717) is 0 Å². The topological polar surface area (TPSA) is 56.3 Å². The number of hydrogen-bond donors (Lipinski definition) is 0. The Morgan fingerprint density at radius 3 is 2.90 bits per heavy atom. The number of rotatable bonds is 2. The molecule has 0 unspecified atom stereocenters. The quantitative estimate of drug-likeness (QED) is 0.461. The minimum absolute atomic E-state index is 0.199. The van der Waals surface area contributed by atoms with E-state index < -0.39 is 4.92 Å². The van der Waals surface area contributed by atoms with Gasteiger partial charge in [-0.15, -0.1) is 0 Å². The fourth-order valence-corrected chi connectivity index (χ4v) is 0.533. The predicted molar refractivity (Wildman–Crippen MR) is 34.7 cm³/mol. The van der Waals surface area contributed by atoms with Gasteiger partial charge in [-0.3, -0.25) is 10.1 Å². The van der Waals surface area contributed by atoms with Gasteiger partial charge in [0.25, 0.3) is 0 Å². The highest BCUT2D eigenvalue weighted by molar-refractivity contribution is 5.49. The van der Waals surface area contributed by atoms with Crippen LogP contribution >= 0.6 is 0 Å². The molecule has 0 fully saturated rings. The Bertz CT molecular complexity index is 250. The average molecular weight is 139 g/mol. The van der Waals surface area contributed by atoms with E-state index in [9.17, 15) is 10.1 Å². The van der Waals surface area contributed by atoms with Crippen LogP contribution in [-0.2, 0) is 0 Å². The van der Waals surface area contributed by atoms with Gasteiger partial charge >= 0.3 is 5.70 Å². The summed E-state index contributed by atoms with van der Waals surface area (Å²) in [6.07, 6.45) is 1.37. The molecule has 0 aliphatic rings. The highest BCUT2D eigenvalue weighted by Gasteiger charge is 2.11. The van der Waals surface area contributed by atoms with Crippen LogP contribution in [0.4, 0.5) is 0 Å². The molecule has 0 radical (unpaired) electrons. The second kappa shape index (κ2) is 2.34. The maximum atomic E-state index is 10.0. The van der Waals surface area contributed by atoms with E-state index in [1.54, 1.807) is 6.07 Å². The molecule has 4 heteroatoms. The van der Waals surface area contributed by atoms with Gasteiger partial charge in [-0.1, -0.05) is 0 Å². The first-order valence-corrected chi connectivity index (χ1v) is 2.59. The van der Waals surface area contributed by atoms with E-state index in [-0.39, 0.29) is 11.5 Å². The molecule has 0 spiro atoms. The summed E-state index contributed by atoms with van der Waals surface area (Å²) < 4.78 is 4.72. The summed E-state index contributed by atoms with van der Waals surface area (Å²) in [5, 5.41) is 10.0.